The van der Waals surface area contributed by atoms with Crippen molar-refractivity contribution in [2.75, 3.05) is 13.1 Å². The minimum atomic E-state index is 0.176. The van der Waals surface area contributed by atoms with Gasteiger partial charge in [0.2, 0.25) is 5.88 Å². The molecule has 0 saturated carbocycles. The molecule has 1 aliphatic heterocycles. The fourth-order valence-corrected chi connectivity index (χ4v) is 2.20. The van der Waals surface area contributed by atoms with Crippen LogP contribution in [0.5, 0.6) is 11.6 Å². The van der Waals surface area contributed by atoms with Crippen LogP contribution in [0.3, 0.4) is 0 Å². The molecule has 1 aromatic carbocycles. The van der Waals surface area contributed by atoms with Crippen molar-refractivity contribution in [2.45, 2.75) is 12.5 Å². The Morgan fingerprint density at radius 2 is 2.41 bits per heavy atom. The fourth-order valence-electron chi connectivity index (χ4n) is 2.20. The summed E-state index contributed by atoms with van der Waals surface area (Å²) in [5, 5.41) is 18.0. The average Bonchev–Trinajstić information content (AvgIpc) is 2.89. The van der Waals surface area contributed by atoms with Crippen molar-refractivity contribution >= 4 is 10.9 Å². The first-order valence-electron chi connectivity index (χ1n) is 5.77. The number of fused-ring (bicyclic) bond motifs is 1. The number of nitrogens with one attached hydrogen (secondary N) is 1. The van der Waals surface area contributed by atoms with Gasteiger partial charge in [0.15, 0.2) is 0 Å². The first-order chi connectivity index (χ1) is 8.24. The van der Waals surface area contributed by atoms with Crippen LogP contribution in [-0.2, 0) is 7.05 Å². The lowest BCUT2D eigenvalue weighted by molar-refractivity contribution is 0.215. The van der Waals surface area contributed by atoms with E-state index in [1.54, 1.807) is 16.8 Å². The molecule has 0 spiro atoms. The minimum absolute atomic E-state index is 0.176. The highest BCUT2D eigenvalue weighted by Gasteiger charge is 2.19. The second-order valence-electron chi connectivity index (χ2n) is 4.36. The van der Waals surface area contributed by atoms with E-state index in [1.807, 2.05) is 13.1 Å². The predicted molar refractivity (Wildman–Crippen MR) is 64.3 cm³/mol. The Hall–Kier alpha value is -1.75. The van der Waals surface area contributed by atoms with Crippen LogP contribution < -0.4 is 10.1 Å². The SMILES string of the molecule is Cn1nc(OC2CCNC2)c2cc(O)ccc21. The van der Waals surface area contributed by atoms with Gasteiger partial charge < -0.3 is 15.2 Å². The second kappa shape index (κ2) is 3.92. The van der Waals surface area contributed by atoms with Crippen LogP contribution in [0, 0.1) is 0 Å². The normalized spacial score (nSPS) is 19.9. The Kier molecular flexibility index (Phi) is 2.40. The summed E-state index contributed by atoms with van der Waals surface area (Å²) < 4.78 is 7.63. The lowest BCUT2D eigenvalue weighted by Crippen LogP contribution is -2.19. The summed E-state index contributed by atoms with van der Waals surface area (Å²) in [5.41, 5.74) is 0.962. The van der Waals surface area contributed by atoms with Gasteiger partial charge in [0.25, 0.3) is 0 Å². The molecule has 0 radical (unpaired) electrons. The van der Waals surface area contributed by atoms with Crippen LogP contribution in [0.1, 0.15) is 6.42 Å². The maximum Gasteiger partial charge on any atom is 0.241 e. The number of aromatic hydroxyl groups is 1. The molecule has 5 nitrogen and oxygen atoms in total. The summed E-state index contributed by atoms with van der Waals surface area (Å²) in [7, 11) is 1.87. The molecular formula is C12H15N3O2. The van der Waals surface area contributed by atoms with Gasteiger partial charge in [-0.2, -0.15) is 0 Å². The van der Waals surface area contributed by atoms with Crippen LogP contribution in [-0.4, -0.2) is 34.1 Å². The largest absolute Gasteiger partial charge is 0.508 e. The van der Waals surface area contributed by atoms with E-state index < -0.39 is 0 Å². The van der Waals surface area contributed by atoms with Crippen LogP contribution in [0.25, 0.3) is 10.9 Å². The second-order valence-corrected chi connectivity index (χ2v) is 4.36. The van der Waals surface area contributed by atoms with E-state index in [-0.39, 0.29) is 11.9 Å². The Labute approximate surface area is 99.0 Å². The van der Waals surface area contributed by atoms with E-state index in [0.717, 1.165) is 30.4 Å². The number of nitrogens with zero attached hydrogens (tertiary/aromatic N) is 2. The monoisotopic (exact) mass is 233 g/mol. The third kappa shape index (κ3) is 1.82. The van der Waals surface area contributed by atoms with Gasteiger partial charge >= 0.3 is 0 Å². The molecule has 1 unspecified atom stereocenters. The lowest BCUT2D eigenvalue weighted by Gasteiger charge is -2.09. The number of ether oxygens (including phenoxy) is 1. The van der Waals surface area contributed by atoms with E-state index in [9.17, 15) is 5.11 Å². The van der Waals surface area contributed by atoms with Crippen LogP contribution >= 0.6 is 0 Å². The Balaban J connectivity index is 2.00. The molecule has 5 heteroatoms. The highest BCUT2D eigenvalue weighted by Crippen LogP contribution is 2.28. The van der Waals surface area contributed by atoms with Crippen LogP contribution in [0.2, 0.25) is 0 Å². The molecule has 1 aliphatic rings. The molecule has 90 valence electrons. The maximum absolute atomic E-state index is 9.52. The number of aryl methyl sites for hydroxylation is 1. The highest BCUT2D eigenvalue weighted by molar-refractivity contribution is 5.85. The summed E-state index contributed by atoms with van der Waals surface area (Å²) in [6.45, 7) is 1.84. The Bertz CT molecular complexity index is 544. The first kappa shape index (κ1) is 10.4. The molecule has 2 N–H and O–H groups in total. The van der Waals surface area contributed by atoms with E-state index >= 15 is 0 Å². The molecule has 1 saturated heterocycles. The molecule has 1 atom stereocenters. The Morgan fingerprint density at radius 1 is 1.53 bits per heavy atom. The van der Waals surface area contributed by atoms with Gasteiger partial charge in [-0.15, -0.1) is 5.10 Å². The lowest BCUT2D eigenvalue weighted by atomic mass is 10.2. The van der Waals surface area contributed by atoms with Gasteiger partial charge in [-0.05, 0) is 31.2 Å². The molecule has 0 aliphatic carbocycles. The topological polar surface area (TPSA) is 59.3 Å². The smallest absolute Gasteiger partial charge is 0.241 e. The number of aromatic nitrogens is 2. The van der Waals surface area contributed by atoms with E-state index in [4.69, 9.17) is 4.74 Å². The number of rotatable bonds is 2. The zero-order valence-electron chi connectivity index (χ0n) is 9.68. The van der Waals surface area contributed by atoms with E-state index in [1.165, 1.54) is 0 Å². The van der Waals surface area contributed by atoms with Gasteiger partial charge in [0.05, 0.1) is 10.9 Å². The molecule has 17 heavy (non-hydrogen) atoms. The minimum Gasteiger partial charge on any atom is -0.508 e. The van der Waals surface area contributed by atoms with Gasteiger partial charge in [0.1, 0.15) is 11.9 Å². The molecule has 1 fully saturated rings. The van der Waals surface area contributed by atoms with E-state index in [2.05, 4.69) is 10.4 Å². The van der Waals surface area contributed by atoms with Crippen LogP contribution in [0.15, 0.2) is 18.2 Å². The number of phenols is 1. The predicted octanol–water partition coefficient (Wildman–Crippen LogP) is 1.02. The standard InChI is InChI=1S/C12H15N3O2/c1-15-11-3-2-8(16)6-10(11)12(14-15)17-9-4-5-13-7-9/h2-3,6,9,13,16H,4-5,7H2,1H3. The molecule has 0 amide bonds. The number of benzene rings is 1. The first-order valence-corrected chi connectivity index (χ1v) is 5.77. The number of hydrogen-bond acceptors (Lipinski definition) is 4. The van der Waals surface area contributed by atoms with Crippen LogP contribution in [0.4, 0.5) is 0 Å². The van der Waals surface area contributed by atoms with Gasteiger partial charge in [-0.3, -0.25) is 4.68 Å². The van der Waals surface area contributed by atoms with Crippen molar-refractivity contribution in [1.82, 2.24) is 15.1 Å². The quantitative estimate of drug-likeness (QED) is 0.813. The molecule has 0 bridgehead atoms. The summed E-state index contributed by atoms with van der Waals surface area (Å²) >= 11 is 0. The maximum atomic E-state index is 9.52. The van der Waals surface area contributed by atoms with Crippen molar-refractivity contribution in [3.63, 3.8) is 0 Å². The number of phenolic OH excluding ortho intramolecular Hbond substituents is 1. The average molecular weight is 233 g/mol. The third-order valence-corrected chi connectivity index (χ3v) is 3.09. The van der Waals surface area contributed by atoms with Crippen molar-refractivity contribution in [2.24, 2.45) is 7.05 Å². The van der Waals surface area contributed by atoms with Crippen molar-refractivity contribution < 1.29 is 9.84 Å². The molecule has 1 aromatic heterocycles. The van der Waals surface area contributed by atoms with Gasteiger partial charge in [0, 0.05) is 13.6 Å². The zero-order valence-corrected chi connectivity index (χ0v) is 9.68. The molecule has 2 heterocycles. The highest BCUT2D eigenvalue weighted by atomic mass is 16.5. The van der Waals surface area contributed by atoms with Crippen molar-refractivity contribution in [3.8, 4) is 11.6 Å². The summed E-state index contributed by atoms with van der Waals surface area (Å²) in [4.78, 5) is 0. The van der Waals surface area contributed by atoms with Gasteiger partial charge in [-0.1, -0.05) is 0 Å². The van der Waals surface area contributed by atoms with Crippen molar-refractivity contribution in [3.05, 3.63) is 18.2 Å². The summed E-state index contributed by atoms with van der Waals surface area (Å²) in [6, 6.07) is 5.20. The Morgan fingerprint density at radius 3 is 3.18 bits per heavy atom. The third-order valence-electron chi connectivity index (χ3n) is 3.09. The van der Waals surface area contributed by atoms with E-state index in [0.29, 0.717) is 5.88 Å². The fraction of sp³-hybridized carbons (Fsp3) is 0.417. The molecular weight excluding hydrogens is 218 g/mol. The van der Waals surface area contributed by atoms with Gasteiger partial charge in [-0.25, -0.2) is 0 Å². The van der Waals surface area contributed by atoms with Crippen molar-refractivity contribution in [1.29, 1.82) is 0 Å². The molecule has 2 aromatic rings. The zero-order chi connectivity index (χ0) is 11.8. The number of hydrogen-bond donors (Lipinski definition) is 2. The summed E-state index contributed by atoms with van der Waals surface area (Å²) in [6.07, 6.45) is 1.17. The molecule has 3 rings (SSSR count). The summed E-state index contributed by atoms with van der Waals surface area (Å²) in [5.74, 6) is 0.840.